The van der Waals surface area contributed by atoms with Crippen LogP contribution in [0.2, 0.25) is 0 Å². The van der Waals surface area contributed by atoms with Gasteiger partial charge < -0.3 is 32.5 Å². The summed E-state index contributed by atoms with van der Waals surface area (Å²) < 4.78 is 0. The third-order valence-electron chi connectivity index (χ3n) is 3.83. The van der Waals surface area contributed by atoms with Crippen LogP contribution >= 0.6 is 12.6 Å². The number of carboxylic acid groups (broad SMARTS) is 1. The summed E-state index contributed by atoms with van der Waals surface area (Å²) in [7, 11) is 0. The molecule has 0 aromatic rings. The second-order valence-electron chi connectivity index (χ2n) is 6.65. The molecule has 8 N–H and O–H groups in total. The van der Waals surface area contributed by atoms with Crippen molar-refractivity contribution in [2.24, 2.45) is 17.4 Å². The summed E-state index contributed by atoms with van der Waals surface area (Å²) in [5, 5.41) is 16.1. The molecular weight excluding hydrogens is 390 g/mol. The Hall–Kier alpha value is -2.34. The van der Waals surface area contributed by atoms with Crippen LogP contribution in [-0.2, 0) is 24.0 Å². The van der Waals surface area contributed by atoms with Crippen LogP contribution in [0.1, 0.15) is 33.6 Å². The number of aliphatic carboxylic acids is 1. The molecule has 0 aliphatic carbocycles. The second-order valence-corrected chi connectivity index (χ2v) is 7.02. The third kappa shape index (κ3) is 9.04. The van der Waals surface area contributed by atoms with Gasteiger partial charge in [-0.05, 0) is 19.3 Å². The third-order valence-corrected chi connectivity index (χ3v) is 4.20. The lowest BCUT2D eigenvalue weighted by Gasteiger charge is -2.26. The zero-order chi connectivity index (χ0) is 22.0. The first-order valence-corrected chi connectivity index (χ1v) is 9.32. The molecular formula is C16H29N5O6S. The quantitative estimate of drug-likeness (QED) is 0.173. The largest absolute Gasteiger partial charge is 0.480 e. The maximum absolute atomic E-state index is 12.5. The van der Waals surface area contributed by atoms with Gasteiger partial charge in [0.1, 0.15) is 18.1 Å². The minimum Gasteiger partial charge on any atom is -0.480 e. The van der Waals surface area contributed by atoms with E-state index in [2.05, 4.69) is 28.6 Å². The lowest BCUT2D eigenvalue weighted by Crippen LogP contribution is -2.58. The number of amides is 4. The highest BCUT2D eigenvalue weighted by molar-refractivity contribution is 7.80. The summed E-state index contributed by atoms with van der Waals surface area (Å²) in [5.74, 6) is -4.25. The first-order chi connectivity index (χ1) is 12.9. The number of carbonyl (C=O) groups is 5. The molecule has 0 heterocycles. The molecule has 4 atom stereocenters. The molecule has 0 saturated heterocycles. The highest BCUT2D eigenvalue weighted by Gasteiger charge is 2.30. The molecule has 11 nitrogen and oxygen atoms in total. The maximum atomic E-state index is 12.5. The number of hydrogen-bond donors (Lipinski definition) is 7. The zero-order valence-corrected chi connectivity index (χ0v) is 17.0. The van der Waals surface area contributed by atoms with Gasteiger partial charge in [-0.3, -0.25) is 24.0 Å². The standard InChI is InChI=1S/C16H29N5O6S/c1-7(2)12(15(25)19-8(3)16(26)27)21-14(24)10(6-28)20-13(23)9(17)4-5-11(18)22/h7-10,12,28H,4-6,17H2,1-3H3,(H2,18,22)(H,19,25)(H,20,23)(H,21,24)(H,26,27). The molecule has 0 radical (unpaired) electrons. The molecule has 4 amide bonds. The van der Waals surface area contributed by atoms with Gasteiger partial charge in [-0.1, -0.05) is 13.8 Å². The maximum Gasteiger partial charge on any atom is 0.325 e. The van der Waals surface area contributed by atoms with E-state index >= 15 is 0 Å². The Labute approximate surface area is 168 Å². The fourth-order valence-electron chi connectivity index (χ4n) is 2.06. The van der Waals surface area contributed by atoms with E-state index in [1.165, 1.54) is 6.92 Å². The number of primary amides is 1. The highest BCUT2D eigenvalue weighted by Crippen LogP contribution is 2.04. The van der Waals surface area contributed by atoms with Crippen LogP contribution in [0.25, 0.3) is 0 Å². The lowest BCUT2D eigenvalue weighted by molar-refractivity contribution is -0.142. The van der Waals surface area contributed by atoms with Gasteiger partial charge in [-0.15, -0.1) is 0 Å². The summed E-state index contributed by atoms with van der Waals surface area (Å²) >= 11 is 4.02. The number of rotatable bonds is 12. The summed E-state index contributed by atoms with van der Waals surface area (Å²) in [4.78, 5) is 58.4. The van der Waals surface area contributed by atoms with E-state index in [0.29, 0.717) is 0 Å². The Morgan fingerprint density at radius 3 is 1.96 bits per heavy atom. The average molecular weight is 420 g/mol. The number of carbonyl (C=O) groups excluding carboxylic acids is 4. The van der Waals surface area contributed by atoms with Gasteiger partial charge in [0.05, 0.1) is 6.04 Å². The summed E-state index contributed by atoms with van der Waals surface area (Å²) in [6.45, 7) is 4.64. The Kier molecular flexibility index (Phi) is 11.2. The van der Waals surface area contributed by atoms with Gasteiger partial charge in [0.2, 0.25) is 23.6 Å². The predicted molar refractivity (Wildman–Crippen MR) is 104 cm³/mol. The first-order valence-electron chi connectivity index (χ1n) is 8.69. The molecule has 0 fully saturated rings. The number of hydrogen-bond acceptors (Lipinski definition) is 7. The van der Waals surface area contributed by atoms with Gasteiger partial charge in [0, 0.05) is 12.2 Å². The molecule has 0 aromatic carbocycles. The molecule has 0 aliphatic heterocycles. The first kappa shape index (κ1) is 25.7. The van der Waals surface area contributed by atoms with Crippen LogP contribution in [0, 0.1) is 5.92 Å². The number of carboxylic acids is 1. The van der Waals surface area contributed by atoms with Crippen molar-refractivity contribution >= 4 is 42.2 Å². The van der Waals surface area contributed by atoms with Crippen molar-refractivity contribution < 1.29 is 29.1 Å². The topological polar surface area (TPSA) is 194 Å². The second kappa shape index (κ2) is 12.2. The van der Waals surface area contributed by atoms with Crippen molar-refractivity contribution in [1.82, 2.24) is 16.0 Å². The van der Waals surface area contributed by atoms with Crippen molar-refractivity contribution in [3.8, 4) is 0 Å². The Bertz CT molecular complexity index is 600. The van der Waals surface area contributed by atoms with Gasteiger partial charge in [-0.25, -0.2) is 0 Å². The lowest BCUT2D eigenvalue weighted by atomic mass is 10.0. The molecule has 12 heteroatoms. The Balaban J connectivity index is 4.97. The number of nitrogens with one attached hydrogen (secondary N) is 3. The Morgan fingerprint density at radius 2 is 1.54 bits per heavy atom. The van der Waals surface area contributed by atoms with E-state index in [-0.39, 0.29) is 24.5 Å². The summed E-state index contributed by atoms with van der Waals surface area (Å²) in [5.41, 5.74) is 10.7. The average Bonchev–Trinajstić information content (AvgIpc) is 2.60. The van der Waals surface area contributed by atoms with Gasteiger partial charge in [0.25, 0.3) is 0 Å². The minimum atomic E-state index is -1.22. The van der Waals surface area contributed by atoms with Crippen LogP contribution in [0.3, 0.4) is 0 Å². The molecule has 0 spiro atoms. The monoisotopic (exact) mass is 419 g/mol. The summed E-state index contributed by atoms with van der Waals surface area (Å²) in [6.07, 6.45) is -0.0597. The van der Waals surface area contributed by atoms with E-state index < -0.39 is 53.8 Å². The molecule has 0 aliphatic rings. The van der Waals surface area contributed by atoms with Crippen molar-refractivity contribution in [3.05, 3.63) is 0 Å². The highest BCUT2D eigenvalue weighted by atomic mass is 32.1. The van der Waals surface area contributed by atoms with Crippen molar-refractivity contribution in [1.29, 1.82) is 0 Å². The van der Waals surface area contributed by atoms with Gasteiger partial charge in [-0.2, -0.15) is 12.6 Å². The van der Waals surface area contributed by atoms with Crippen LogP contribution in [0.4, 0.5) is 0 Å². The van der Waals surface area contributed by atoms with Crippen molar-refractivity contribution in [3.63, 3.8) is 0 Å². The zero-order valence-electron chi connectivity index (χ0n) is 16.1. The molecule has 0 aromatic heterocycles. The minimum absolute atomic E-state index is 0.0200. The molecule has 0 saturated carbocycles. The summed E-state index contributed by atoms with van der Waals surface area (Å²) in [6, 6.07) is -4.27. The smallest absolute Gasteiger partial charge is 0.325 e. The molecule has 0 bridgehead atoms. The fraction of sp³-hybridized carbons (Fsp3) is 0.688. The van der Waals surface area contributed by atoms with E-state index in [4.69, 9.17) is 16.6 Å². The van der Waals surface area contributed by atoms with Gasteiger partial charge >= 0.3 is 5.97 Å². The van der Waals surface area contributed by atoms with E-state index in [1.807, 2.05) is 0 Å². The van der Waals surface area contributed by atoms with E-state index in [9.17, 15) is 24.0 Å². The van der Waals surface area contributed by atoms with Crippen LogP contribution < -0.4 is 27.4 Å². The van der Waals surface area contributed by atoms with E-state index in [1.54, 1.807) is 13.8 Å². The van der Waals surface area contributed by atoms with Gasteiger partial charge in [0.15, 0.2) is 0 Å². The SMILES string of the molecule is CC(NC(=O)C(NC(=O)C(CS)NC(=O)C(N)CCC(N)=O)C(C)C)C(=O)O. The number of nitrogens with two attached hydrogens (primary N) is 2. The Morgan fingerprint density at radius 1 is 0.964 bits per heavy atom. The molecule has 160 valence electrons. The van der Waals surface area contributed by atoms with Crippen LogP contribution in [0.15, 0.2) is 0 Å². The van der Waals surface area contributed by atoms with Crippen molar-refractivity contribution in [2.45, 2.75) is 57.8 Å². The van der Waals surface area contributed by atoms with Crippen LogP contribution in [-0.4, -0.2) is 64.6 Å². The van der Waals surface area contributed by atoms with E-state index in [0.717, 1.165) is 0 Å². The predicted octanol–water partition coefficient (Wildman–Crippen LogP) is -2.28. The fourth-order valence-corrected chi connectivity index (χ4v) is 2.31. The molecule has 0 rings (SSSR count). The van der Waals surface area contributed by atoms with Crippen LogP contribution in [0.5, 0.6) is 0 Å². The molecule has 4 unspecified atom stereocenters. The normalized spacial score (nSPS) is 15.1. The number of thiol groups is 1. The van der Waals surface area contributed by atoms with Crippen molar-refractivity contribution in [2.75, 3.05) is 5.75 Å². The molecule has 28 heavy (non-hydrogen) atoms.